The minimum Gasteiger partial charge on any atom is -0.503 e. The van der Waals surface area contributed by atoms with Crippen LogP contribution in [-0.4, -0.2) is 54.9 Å². The van der Waals surface area contributed by atoms with E-state index in [2.05, 4.69) is 16.8 Å². The minimum absolute atomic E-state index is 0.0852. The molecule has 2 fully saturated rings. The Labute approximate surface area is 172 Å². The number of ether oxygens (including phenoxy) is 3. The normalized spacial score (nSPS) is 24.9. The van der Waals surface area contributed by atoms with Crippen LogP contribution in [-0.2, 0) is 0 Å². The van der Waals surface area contributed by atoms with Gasteiger partial charge >= 0.3 is 0 Å². The number of methoxy groups -OCH3 is 2. The van der Waals surface area contributed by atoms with Crippen LogP contribution >= 0.6 is 0 Å². The molecule has 1 aliphatic carbocycles. The molecule has 2 heterocycles. The summed E-state index contributed by atoms with van der Waals surface area (Å²) in [6, 6.07) is 11.4. The van der Waals surface area contributed by atoms with Crippen LogP contribution in [0, 0.1) is 11.8 Å². The van der Waals surface area contributed by atoms with Crippen molar-refractivity contribution in [2.75, 3.05) is 33.9 Å². The van der Waals surface area contributed by atoms with Crippen LogP contribution < -0.4 is 14.2 Å². The number of aromatic hydroxyl groups is 1. The van der Waals surface area contributed by atoms with Gasteiger partial charge in [0.05, 0.1) is 20.3 Å². The summed E-state index contributed by atoms with van der Waals surface area (Å²) in [4.78, 5) is 6.99. The number of nitrogens with zero attached hydrogens (tertiary/aromatic N) is 2. The molecule has 6 nitrogen and oxygen atoms in total. The van der Waals surface area contributed by atoms with Crippen molar-refractivity contribution >= 4 is 0 Å². The van der Waals surface area contributed by atoms with Gasteiger partial charge in [0.25, 0.3) is 5.88 Å². The summed E-state index contributed by atoms with van der Waals surface area (Å²) < 4.78 is 16.6. The highest BCUT2D eigenvalue weighted by Gasteiger charge is 2.42. The second kappa shape index (κ2) is 8.49. The molecular weight excluding hydrogens is 368 g/mol. The maximum absolute atomic E-state index is 9.75. The predicted molar refractivity (Wildman–Crippen MR) is 111 cm³/mol. The van der Waals surface area contributed by atoms with E-state index in [0.717, 1.165) is 49.7 Å². The Morgan fingerprint density at radius 2 is 1.66 bits per heavy atom. The largest absolute Gasteiger partial charge is 0.503 e. The smallest absolute Gasteiger partial charge is 0.256 e. The molecular formula is C23H30N2O4. The number of hydrogen-bond donors (Lipinski definition) is 1. The maximum atomic E-state index is 9.75. The molecule has 1 aliphatic heterocycles. The van der Waals surface area contributed by atoms with E-state index in [-0.39, 0.29) is 11.7 Å². The number of aromatic nitrogens is 1. The quantitative estimate of drug-likeness (QED) is 0.767. The first-order valence-corrected chi connectivity index (χ1v) is 10.3. The van der Waals surface area contributed by atoms with Crippen LogP contribution in [0.3, 0.4) is 0 Å². The number of rotatable bonds is 7. The van der Waals surface area contributed by atoms with E-state index in [1.165, 1.54) is 7.11 Å². The summed E-state index contributed by atoms with van der Waals surface area (Å²) in [7, 11) is 3.21. The molecule has 1 N–H and O–H groups in total. The molecule has 0 radical (unpaired) electrons. The molecule has 156 valence electrons. The summed E-state index contributed by atoms with van der Waals surface area (Å²) in [5.41, 5.74) is 0.956. The highest BCUT2D eigenvalue weighted by molar-refractivity contribution is 5.34. The van der Waals surface area contributed by atoms with Gasteiger partial charge in [-0.15, -0.1) is 0 Å². The van der Waals surface area contributed by atoms with Crippen molar-refractivity contribution in [3.8, 4) is 23.1 Å². The molecule has 4 atom stereocenters. The number of benzene rings is 1. The molecule has 1 aromatic carbocycles. The van der Waals surface area contributed by atoms with Crippen LogP contribution in [0.25, 0.3) is 0 Å². The molecule has 2 aliphatic rings. The molecule has 1 saturated heterocycles. The summed E-state index contributed by atoms with van der Waals surface area (Å²) in [5.74, 6) is 3.85. The van der Waals surface area contributed by atoms with Crippen molar-refractivity contribution in [2.24, 2.45) is 11.8 Å². The molecule has 2 unspecified atom stereocenters. The summed E-state index contributed by atoms with van der Waals surface area (Å²) in [5, 5.41) is 9.75. The van der Waals surface area contributed by atoms with E-state index in [1.54, 1.807) is 13.2 Å². The average molecular weight is 399 g/mol. The van der Waals surface area contributed by atoms with Gasteiger partial charge in [-0.1, -0.05) is 6.92 Å². The summed E-state index contributed by atoms with van der Waals surface area (Å²) >= 11 is 0. The first-order valence-electron chi connectivity index (χ1n) is 10.3. The highest BCUT2D eigenvalue weighted by atomic mass is 16.5. The lowest BCUT2D eigenvalue weighted by atomic mass is 10.0. The third kappa shape index (κ3) is 4.42. The van der Waals surface area contributed by atoms with Gasteiger partial charge in [0.15, 0.2) is 5.75 Å². The third-order valence-electron chi connectivity index (χ3n) is 6.24. The SMILES string of the molecule is COc1ccc(OC2C[C@@H]3CN(CC(C)c4ccc(O)c(OC)n4)C[C@@H]3C2)cc1. The number of hydrogen-bond acceptors (Lipinski definition) is 6. The van der Waals surface area contributed by atoms with E-state index in [1.807, 2.05) is 30.3 Å². The Morgan fingerprint density at radius 3 is 2.28 bits per heavy atom. The Bertz CT molecular complexity index is 812. The summed E-state index contributed by atoms with van der Waals surface area (Å²) in [6.45, 7) is 5.39. The highest BCUT2D eigenvalue weighted by Crippen LogP contribution is 2.40. The van der Waals surface area contributed by atoms with Gasteiger partial charge in [-0.05, 0) is 61.1 Å². The van der Waals surface area contributed by atoms with Crippen LogP contribution in [0.15, 0.2) is 36.4 Å². The molecule has 2 aromatic rings. The van der Waals surface area contributed by atoms with Gasteiger partial charge in [0, 0.05) is 31.2 Å². The monoisotopic (exact) mass is 398 g/mol. The van der Waals surface area contributed by atoms with E-state index in [0.29, 0.717) is 23.8 Å². The zero-order valence-corrected chi connectivity index (χ0v) is 17.4. The van der Waals surface area contributed by atoms with Crippen LogP contribution in [0.4, 0.5) is 0 Å². The van der Waals surface area contributed by atoms with Gasteiger partial charge in [-0.2, -0.15) is 0 Å². The average Bonchev–Trinajstić information content (AvgIpc) is 3.26. The molecule has 0 bridgehead atoms. The predicted octanol–water partition coefficient (Wildman–Crippen LogP) is 3.70. The Balaban J connectivity index is 1.28. The van der Waals surface area contributed by atoms with E-state index in [9.17, 15) is 5.11 Å². The van der Waals surface area contributed by atoms with Crippen LogP contribution in [0.1, 0.15) is 31.4 Å². The van der Waals surface area contributed by atoms with Crippen molar-refractivity contribution in [1.29, 1.82) is 0 Å². The van der Waals surface area contributed by atoms with Crippen LogP contribution in [0.2, 0.25) is 0 Å². The third-order valence-corrected chi connectivity index (χ3v) is 6.24. The van der Waals surface area contributed by atoms with Crippen molar-refractivity contribution in [2.45, 2.75) is 31.8 Å². The number of fused-ring (bicyclic) bond motifs is 1. The van der Waals surface area contributed by atoms with Crippen molar-refractivity contribution < 1.29 is 19.3 Å². The van der Waals surface area contributed by atoms with Gasteiger partial charge in [0.2, 0.25) is 0 Å². The lowest BCUT2D eigenvalue weighted by Gasteiger charge is -2.23. The fourth-order valence-corrected chi connectivity index (χ4v) is 4.79. The molecule has 0 spiro atoms. The fourth-order valence-electron chi connectivity index (χ4n) is 4.79. The zero-order chi connectivity index (χ0) is 20.4. The van der Waals surface area contributed by atoms with Crippen molar-refractivity contribution in [3.63, 3.8) is 0 Å². The van der Waals surface area contributed by atoms with Gasteiger partial charge < -0.3 is 24.2 Å². The number of likely N-dealkylation sites (tertiary alicyclic amines) is 1. The second-order valence-electron chi connectivity index (χ2n) is 8.29. The van der Waals surface area contributed by atoms with E-state index < -0.39 is 0 Å². The Kier molecular flexibility index (Phi) is 5.81. The van der Waals surface area contributed by atoms with E-state index in [4.69, 9.17) is 14.2 Å². The Hall–Kier alpha value is -2.47. The first kappa shape index (κ1) is 19.8. The Morgan fingerprint density at radius 1 is 1.00 bits per heavy atom. The molecule has 6 heteroatoms. The fraction of sp³-hybridized carbons (Fsp3) is 0.522. The molecule has 0 amide bonds. The maximum Gasteiger partial charge on any atom is 0.256 e. The molecule has 29 heavy (non-hydrogen) atoms. The number of pyridine rings is 1. The first-order chi connectivity index (χ1) is 14.1. The minimum atomic E-state index is 0.0852. The van der Waals surface area contributed by atoms with Gasteiger partial charge in [0.1, 0.15) is 11.5 Å². The molecule has 4 rings (SSSR count). The van der Waals surface area contributed by atoms with Crippen LogP contribution in [0.5, 0.6) is 23.1 Å². The second-order valence-corrected chi connectivity index (χ2v) is 8.29. The lowest BCUT2D eigenvalue weighted by molar-refractivity contribution is 0.184. The molecule has 1 saturated carbocycles. The molecule has 1 aromatic heterocycles. The zero-order valence-electron chi connectivity index (χ0n) is 17.4. The summed E-state index contributed by atoms with van der Waals surface area (Å²) in [6.07, 6.45) is 2.54. The topological polar surface area (TPSA) is 64.1 Å². The lowest BCUT2D eigenvalue weighted by Crippen LogP contribution is -2.28. The van der Waals surface area contributed by atoms with Gasteiger partial charge in [-0.25, -0.2) is 4.98 Å². The van der Waals surface area contributed by atoms with Crippen molar-refractivity contribution in [1.82, 2.24) is 9.88 Å². The standard InChI is InChI=1S/C23H30N2O4/c1-15(21-8-9-22(26)23(24-21)28-3)12-25-13-16-10-20(11-17(16)14-25)29-19-6-4-18(27-2)5-7-19/h4-9,15-17,20,26H,10-14H2,1-3H3/t15?,16-,17+,20?. The van der Waals surface area contributed by atoms with Gasteiger partial charge in [-0.3, -0.25) is 0 Å². The van der Waals surface area contributed by atoms with E-state index >= 15 is 0 Å². The van der Waals surface area contributed by atoms with Crippen molar-refractivity contribution in [3.05, 3.63) is 42.1 Å².